The SMILES string of the molecule is CC(C)(C)OC(=O)N1CCC(N2CCc3cncc4ccc(Br)c2c34)C1. The Hall–Kier alpha value is -1.82. The van der Waals surface area contributed by atoms with Crippen molar-refractivity contribution >= 4 is 38.5 Å². The fourth-order valence-corrected chi connectivity index (χ4v) is 4.53. The standard InChI is InChI=1S/C20H24BrN3O2/c1-20(2,3)26-19(25)23-8-7-15(12-23)24-9-6-14-11-22-10-13-4-5-16(21)18(24)17(13)14/h4-5,10-11,15H,6-9,12H2,1-3H3. The number of benzene rings is 1. The van der Waals surface area contributed by atoms with Crippen molar-refractivity contribution in [3.63, 3.8) is 0 Å². The second-order valence-corrected chi connectivity index (χ2v) is 8.96. The van der Waals surface area contributed by atoms with Gasteiger partial charge in [-0.15, -0.1) is 0 Å². The summed E-state index contributed by atoms with van der Waals surface area (Å²) >= 11 is 3.75. The van der Waals surface area contributed by atoms with Crippen molar-refractivity contribution in [1.29, 1.82) is 0 Å². The molecule has 0 radical (unpaired) electrons. The molecule has 1 unspecified atom stereocenters. The molecule has 2 aliphatic rings. The van der Waals surface area contributed by atoms with Gasteiger partial charge >= 0.3 is 6.09 Å². The van der Waals surface area contributed by atoms with Crippen LogP contribution < -0.4 is 4.90 Å². The van der Waals surface area contributed by atoms with Crippen LogP contribution >= 0.6 is 15.9 Å². The van der Waals surface area contributed by atoms with Crippen molar-refractivity contribution in [3.05, 3.63) is 34.6 Å². The average molecular weight is 418 g/mol. The maximum absolute atomic E-state index is 12.4. The molecule has 4 rings (SSSR count). The third-order valence-electron chi connectivity index (χ3n) is 5.09. The number of hydrogen-bond acceptors (Lipinski definition) is 4. The highest BCUT2D eigenvalue weighted by Gasteiger charge is 2.35. The van der Waals surface area contributed by atoms with Gasteiger partial charge in [-0.2, -0.15) is 0 Å². The number of likely N-dealkylation sites (tertiary alicyclic amines) is 1. The molecule has 0 N–H and O–H groups in total. The molecule has 1 atom stereocenters. The van der Waals surface area contributed by atoms with Crippen LogP contribution in [0.4, 0.5) is 10.5 Å². The fourth-order valence-electron chi connectivity index (χ4n) is 3.98. The van der Waals surface area contributed by atoms with Gasteiger partial charge in [-0.05, 0) is 61.2 Å². The topological polar surface area (TPSA) is 45.7 Å². The minimum Gasteiger partial charge on any atom is -0.444 e. The molecule has 1 amide bonds. The van der Waals surface area contributed by atoms with Gasteiger partial charge in [0.05, 0.1) is 5.69 Å². The quantitative estimate of drug-likeness (QED) is 0.690. The molecule has 1 aromatic carbocycles. The summed E-state index contributed by atoms with van der Waals surface area (Å²) in [4.78, 5) is 21.1. The van der Waals surface area contributed by atoms with Crippen molar-refractivity contribution in [2.75, 3.05) is 24.5 Å². The Morgan fingerprint density at radius 2 is 2.08 bits per heavy atom. The van der Waals surface area contributed by atoms with Crippen molar-refractivity contribution in [2.24, 2.45) is 0 Å². The number of carbonyl (C=O) groups excluding carboxylic acids is 1. The van der Waals surface area contributed by atoms with Gasteiger partial charge in [0.1, 0.15) is 5.60 Å². The average Bonchev–Trinajstić information content (AvgIpc) is 3.06. The molecule has 26 heavy (non-hydrogen) atoms. The van der Waals surface area contributed by atoms with Crippen molar-refractivity contribution < 1.29 is 9.53 Å². The smallest absolute Gasteiger partial charge is 0.410 e. The van der Waals surface area contributed by atoms with Gasteiger partial charge < -0.3 is 14.5 Å². The predicted octanol–water partition coefficient (Wildman–Crippen LogP) is 4.37. The molecule has 138 valence electrons. The highest BCUT2D eigenvalue weighted by molar-refractivity contribution is 9.10. The molecule has 0 bridgehead atoms. The third kappa shape index (κ3) is 3.15. The number of nitrogens with zero attached hydrogens (tertiary/aromatic N) is 3. The molecular weight excluding hydrogens is 394 g/mol. The summed E-state index contributed by atoms with van der Waals surface area (Å²) in [5.74, 6) is 0. The third-order valence-corrected chi connectivity index (χ3v) is 5.73. The van der Waals surface area contributed by atoms with Gasteiger partial charge in [0, 0.05) is 53.3 Å². The van der Waals surface area contributed by atoms with Crippen molar-refractivity contribution in [2.45, 2.75) is 45.3 Å². The van der Waals surface area contributed by atoms with Crippen LogP contribution in [0, 0.1) is 0 Å². The van der Waals surface area contributed by atoms with E-state index in [9.17, 15) is 4.79 Å². The van der Waals surface area contributed by atoms with E-state index in [1.807, 2.05) is 38.1 Å². The molecule has 1 saturated heterocycles. The Bertz CT molecular complexity index is 862. The van der Waals surface area contributed by atoms with Crippen LogP contribution in [0.15, 0.2) is 29.0 Å². The number of pyridine rings is 1. The first-order chi connectivity index (χ1) is 12.3. The van der Waals surface area contributed by atoms with E-state index in [-0.39, 0.29) is 6.09 Å². The lowest BCUT2D eigenvalue weighted by Crippen LogP contribution is -2.42. The number of halogens is 1. The lowest BCUT2D eigenvalue weighted by molar-refractivity contribution is 0.0292. The fraction of sp³-hybridized carbons (Fsp3) is 0.500. The Morgan fingerprint density at radius 3 is 2.85 bits per heavy atom. The van der Waals surface area contributed by atoms with E-state index < -0.39 is 5.60 Å². The Morgan fingerprint density at radius 1 is 1.27 bits per heavy atom. The lowest BCUT2D eigenvalue weighted by atomic mass is 9.97. The highest BCUT2D eigenvalue weighted by Crippen LogP contribution is 2.41. The zero-order valence-corrected chi connectivity index (χ0v) is 17.0. The van der Waals surface area contributed by atoms with Crippen LogP contribution in [0.2, 0.25) is 0 Å². The summed E-state index contributed by atoms with van der Waals surface area (Å²) in [5, 5.41) is 2.46. The van der Waals surface area contributed by atoms with Crippen LogP contribution in [-0.4, -0.2) is 47.3 Å². The Balaban J connectivity index is 1.61. The van der Waals surface area contributed by atoms with Crippen LogP contribution in [0.3, 0.4) is 0 Å². The van der Waals surface area contributed by atoms with E-state index in [0.29, 0.717) is 12.6 Å². The Kier molecular flexibility index (Phi) is 4.34. The summed E-state index contributed by atoms with van der Waals surface area (Å²) in [6.07, 6.45) is 5.65. The van der Waals surface area contributed by atoms with Crippen molar-refractivity contribution in [1.82, 2.24) is 9.88 Å². The molecule has 0 spiro atoms. The molecule has 2 aliphatic heterocycles. The van der Waals surface area contributed by atoms with E-state index in [1.165, 1.54) is 22.0 Å². The van der Waals surface area contributed by atoms with Crippen molar-refractivity contribution in [3.8, 4) is 0 Å². The van der Waals surface area contributed by atoms with Crippen LogP contribution in [0.5, 0.6) is 0 Å². The van der Waals surface area contributed by atoms with Gasteiger partial charge in [0.2, 0.25) is 0 Å². The molecule has 1 fully saturated rings. The summed E-state index contributed by atoms with van der Waals surface area (Å²) in [5.41, 5.74) is 2.08. The molecule has 0 saturated carbocycles. The summed E-state index contributed by atoms with van der Waals surface area (Å²) in [6.45, 7) is 8.12. The highest BCUT2D eigenvalue weighted by atomic mass is 79.9. The first-order valence-corrected chi connectivity index (χ1v) is 9.92. The second-order valence-electron chi connectivity index (χ2n) is 8.10. The van der Waals surface area contributed by atoms with E-state index in [1.54, 1.807) is 0 Å². The molecule has 3 heterocycles. The zero-order chi connectivity index (χ0) is 18.5. The number of anilines is 1. The number of ether oxygens (including phenoxy) is 1. The van der Waals surface area contributed by atoms with Gasteiger partial charge in [-0.1, -0.05) is 6.07 Å². The number of aromatic nitrogens is 1. The van der Waals surface area contributed by atoms with E-state index in [0.717, 1.165) is 30.4 Å². The minimum atomic E-state index is -0.457. The molecule has 0 aliphatic carbocycles. The summed E-state index contributed by atoms with van der Waals surface area (Å²) < 4.78 is 6.65. The van der Waals surface area contributed by atoms with E-state index in [2.05, 4.69) is 37.9 Å². The van der Waals surface area contributed by atoms with Gasteiger partial charge in [0.25, 0.3) is 0 Å². The van der Waals surface area contributed by atoms with Gasteiger partial charge in [0.15, 0.2) is 0 Å². The monoisotopic (exact) mass is 417 g/mol. The largest absolute Gasteiger partial charge is 0.444 e. The number of rotatable bonds is 1. The lowest BCUT2D eigenvalue weighted by Gasteiger charge is -2.36. The normalized spacial score (nSPS) is 19.9. The number of hydrogen-bond donors (Lipinski definition) is 0. The first kappa shape index (κ1) is 17.6. The van der Waals surface area contributed by atoms with Crippen LogP contribution in [-0.2, 0) is 11.2 Å². The molecule has 1 aromatic heterocycles. The molecule has 2 aromatic rings. The summed E-state index contributed by atoms with van der Waals surface area (Å²) in [7, 11) is 0. The van der Waals surface area contributed by atoms with Crippen LogP contribution in [0.1, 0.15) is 32.8 Å². The molecule has 5 nitrogen and oxygen atoms in total. The number of amides is 1. The zero-order valence-electron chi connectivity index (χ0n) is 15.5. The van der Waals surface area contributed by atoms with E-state index in [4.69, 9.17) is 4.74 Å². The molecule has 6 heteroatoms. The number of carbonyl (C=O) groups is 1. The van der Waals surface area contributed by atoms with Gasteiger partial charge in [-0.25, -0.2) is 4.79 Å². The first-order valence-electron chi connectivity index (χ1n) is 9.13. The van der Waals surface area contributed by atoms with Crippen LogP contribution in [0.25, 0.3) is 10.8 Å². The van der Waals surface area contributed by atoms with Gasteiger partial charge in [-0.3, -0.25) is 4.98 Å². The predicted molar refractivity (Wildman–Crippen MR) is 107 cm³/mol. The molecular formula is C20H24BrN3O2. The maximum atomic E-state index is 12.4. The minimum absolute atomic E-state index is 0.209. The second kappa shape index (κ2) is 6.41. The maximum Gasteiger partial charge on any atom is 0.410 e. The van der Waals surface area contributed by atoms with E-state index >= 15 is 0 Å². The Labute approximate surface area is 162 Å². The summed E-state index contributed by atoms with van der Waals surface area (Å²) in [6, 6.07) is 4.53.